The van der Waals surface area contributed by atoms with Gasteiger partial charge in [0.2, 0.25) is 0 Å². The molecule has 0 bridgehead atoms. The first kappa shape index (κ1) is 23.4. The zero-order chi connectivity index (χ0) is 24.2. The smallest absolute Gasteiger partial charge is 0.338 e. The maximum absolute atomic E-state index is 12.2. The average molecular weight is 460 g/mol. The van der Waals surface area contributed by atoms with Gasteiger partial charge >= 0.3 is 5.97 Å². The lowest BCUT2D eigenvalue weighted by Gasteiger charge is -2.13. The fraction of sp³-hybridized carbons (Fsp3) is 0.250. The lowest BCUT2D eigenvalue weighted by molar-refractivity contribution is 0.0259. The molecule has 0 saturated carbocycles. The van der Waals surface area contributed by atoms with Gasteiger partial charge in [-0.1, -0.05) is 50.2 Å². The molecule has 34 heavy (non-hydrogen) atoms. The molecule has 0 saturated heterocycles. The number of nitrogens with zero attached hydrogens (tertiary/aromatic N) is 1. The van der Waals surface area contributed by atoms with E-state index in [-0.39, 0.29) is 30.6 Å². The number of carbonyl (C=O) groups is 1. The Kier molecular flexibility index (Phi) is 6.89. The Bertz CT molecular complexity index is 1270. The van der Waals surface area contributed by atoms with Crippen molar-refractivity contribution in [3.63, 3.8) is 0 Å². The van der Waals surface area contributed by atoms with Crippen molar-refractivity contribution >= 4 is 16.9 Å². The third-order valence-electron chi connectivity index (χ3n) is 5.96. The summed E-state index contributed by atoms with van der Waals surface area (Å²) < 4.78 is 7.22. The summed E-state index contributed by atoms with van der Waals surface area (Å²) in [5.74, 6) is -0.188. The minimum atomic E-state index is -0.876. The first-order valence-electron chi connectivity index (χ1n) is 11.3. The minimum absolute atomic E-state index is 0.0518. The summed E-state index contributed by atoms with van der Waals surface area (Å²) >= 11 is 0. The highest BCUT2D eigenvalue weighted by atomic mass is 16.5. The van der Waals surface area contributed by atoms with Crippen molar-refractivity contribution < 1.29 is 24.9 Å². The molecule has 3 aromatic carbocycles. The van der Waals surface area contributed by atoms with Crippen molar-refractivity contribution in [2.24, 2.45) is 0 Å². The average Bonchev–Trinajstić information content (AvgIpc) is 3.17. The molecule has 0 spiro atoms. The van der Waals surface area contributed by atoms with E-state index in [0.717, 1.165) is 22.0 Å². The number of aliphatic hydroxyl groups is 1. The number of ether oxygens (including phenoxy) is 1. The van der Waals surface area contributed by atoms with Crippen LogP contribution < -0.4 is 0 Å². The van der Waals surface area contributed by atoms with Gasteiger partial charge in [0, 0.05) is 23.5 Å². The fourth-order valence-corrected chi connectivity index (χ4v) is 4.09. The Labute approximate surface area is 198 Å². The largest absolute Gasteiger partial charge is 0.507 e. The molecule has 1 aromatic heterocycles. The molecular weight excluding hydrogens is 430 g/mol. The SMILES string of the molecule is CC(C)c1cc(O)c(Cn2cc(C[C@H](O)COC(=O)c3ccccc3)c3ccccc32)c(O)c1. The predicted molar refractivity (Wildman–Crippen MR) is 131 cm³/mol. The summed E-state index contributed by atoms with van der Waals surface area (Å²) in [4.78, 5) is 12.2. The first-order chi connectivity index (χ1) is 16.3. The van der Waals surface area contributed by atoms with Gasteiger partial charge in [0.15, 0.2) is 0 Å². The van der Waals surface area contributed by atoms with Gasteiger partial charge < -0.3 is 24.6 Å². The van der Waals surface area contributed by atoms with E-state index in [4.69, 9.17) is 4.74 Å². The summed E-state index contributed by atoms with van der Waals surface area (Å²) in [6.07, 6.45) is 1.32. The zero-order valence-corrected chi connectivity index (χ0v) is 19.3. The Hall–Kier alpha value is -3.77. The molecule has 4 aromatic rings. The van der Waals surface area contributed by atoms with Gasteiger partial charge in [-0.25, -0.2) is 4.79 Å². The van der Waals surface area contributed by atoms with Crippen LogP contribution in [0.15, 0.2) is 72.9 Å². The van der Waals surface area contributed by atoms with Gasteiger partial charge in [-0.2, -0.15) is 0 Å². The van der Waals surface area contributed by atoms with Gasteiger partial charge in [-0.3, -0.25) is 0 Å². The normalized spacial score (nSPS) is 12.2. The molecule has 4 rings (SSSR count). The highest BCUT2D eigenvalue weighted by molar-refractivity contribution is 5.89. The topological polar surface area (TPSA) is 91.9 Å². The van der Waals surface area contributed by atoms with E-state index in [1.807, 2.05) is 54.9 Å². The molecule has 176 valence electrons. The maximum Gasteiger partial charge on any atom is 0.338 e. The number of aliphatic hydroxyl groups excluding tert-OH is 1. The number of phenolic OH excluding ortho intramolecular Hbond substituents is 2. The number of carbonyl (C=O) groups excluding carboxylic acids is 1. The third kappa shape index (κ3) is 5.07. The summed E-state index contributed by atoms with van der Waals surface area (Å²) in [7, 11) is 0. The number of phenols is 2. The van der Waals surface area contributed by atoms with Crippen molar-refractivity contribution in [1.29, 1.82) is 0 Å². The lowest BCUT2D eigenvalue weighted by Crippen LogP contribution is -2.20. The molecule has 0 amide bonds. The van der Waals surface area contributed by atoms with Gasteiger partial charge in [-0.15, -0.1) is 0 Å². The van der Waals surface area contributed by atoms with Crippen LogP contribution in [0.5, 0.6) is 11.5 Å². The zero-order valence-electron chi connectivity index (χ0n) is 19.3. The van der Waals surface area contributed by atoms with Gasteiger partial charge in [0.1, 0.15) is 18.1 Å². The van der Waals surface area contributed by atoms with Gasteiger partial charge in [0.05, 0.1) is 23.8 Å². The molecule has 3 N–H and O–H groups in total. The van der Waals surface area contributed by atoms with E-state index in [1.54, 1.807) is 36.4 Å². The number of aromatic nitrogens is 1. The number of hydrogen-bond donors (Lipinski definition) is 3. The van der Waals surface area contributed by atoms with Crippen LogP contribution in [-0.4, -0.2) is 38.6 Å². The van der Waals surface area contributed by atoms with Crippen LogP contribution >= 0.6 is 0 Å². The third-order valence-corrected chi connectivity index (χ3v) is 5.96. The van der Waals surface area contributed by atoms with Crippen molar-refractivity contribution in [3.8, 4) is 11.5 Å². The Morgan fingerprint density at radius 2 is 1.62 bits per heavy atom. The molecular formula is C28H29NO5. The van der Waals surface area contributed by atoms with E-state index in [1.165, 1.54) is 0 Å². The Balaban J connectivity index is 1.53. The van der Waals surface area contributed by atoms with E-state index in [2.05, 4.69) is 0 Å². The molecule has 6 heteroatoms. The van der Waals surface area contributed by atoms with E-state index >= 15 is 0 Å². The van der Waals surface area contributed by atoms with Crippen LogP contribution in [0.4, 0.5) is 0 Å². The van der Waals surface area contributed by atoms with E-state index in [9.17, 15) is 20.1 Å². The molecule has 0 radical (unpaired) electrons. The first-order valence-corrected chi connectivity index (χ1v) is 11.3. The fourth-order valence-electron chi connectivity index (χ4n) is 4.09. The summed E-state index contributed by atoms with van der Waals surface area (Å²) in [5.41, 5.74) is 3.54. The van der Waals surface area contributed by atoms with Crippen molar-refractivity contribution in [3.05, 3.63) is 95.2 Å². The summed E-state index contributed by atoms with van der Waals surface area (Å²) in [5, 5.41) is 32.6. The predicted octanol–water partition coefficient (Wildman–Crippen LogP) is 4.98. The minimum Gasteiger partial charge on any atom is -0.507 e. The molecule has 0 aliphatic rings. The van der Waals surface area contributed by atoms with Crippen molar-refractivity contribution in [1.82, 2.24) is 4.57 Å². The van der Waals surface area contributed by atoms with Crippen LogP contribution in [-0.2, 0) is 17.7 Å². The molecule has 0 aliphatic heterocycles. The number of hydrogen-bond acceptors (Lipinski definition) is 5. The van der Waals surface area contributed by atoms with Crippen LogP contribution in [0.1, 0.15) is 46.8 Å². The Morgan fingerprint density at radius 1 is 0.971 bits per heavy atom. The Morgan fingerprint density at radius 3 is 2.29 bits per heavy atom. The highest BCUT2D eigenvalue weighted by Crippen LogP contribution is 2.34. The number of esters is 1. The van der Waals surface area contributed by atoms with E-state index < -0.39 is 12.1 Å². The second-order valence-corrected chi connectivity index (χ2v) is 8.81. The molecule has 0 fully saturated rings. The van der Waals surface area contributed by atoms with Crippen LogP contribution in [0, 0.1) is 0 Å². The highest BCUT2D eigenvalue weighted by Gasteiger charge is 2.18. The number of fused-ring (bicyclic) bond motifs is 1. The quantitative estimate of drug-likeness (QED) is 0.323. The number of aromatic hydroxyl groups is 2. The van der Waals surface area contributed by atoms with Crippen LogP contribution in [0.25, 0.3) is 10.9 Å². The molecule has 0 aliphatic carbocycles. The summed E-state index contributed by atoms with van der Waals surface area (Å²) in [6.45, 7) is 4.16. The van der Waals surface area contributed by atoms with Crippen LogP contribution in [0.3, 0.4) is 0 Å². The van der Waals surface area contributed by atoms with Crippen LogP contribution in [0.2, 0.25) is 0 Å². The molecule has 6 nitrogen and oxygen atoms in total. The van der Waals surface area contributed by atoms with Crippen molar-refractivity contribution in [2.45, 2.75) is 38.8 Å². The second kappa shape index (κ2) is 10.0. The van der Waals surface area contributed by atoms with Gasteiger partial charge in [-0.05, 0) is 47.4 Å². The van der Waals surface area contributed by atoms with Gasteiger partial charge in [0.25, 0.3) is 0 Å². The number of benzene rings is 3. The maximum atomic E-state index is 12.2. The molecule has 1 heterocycles. The molecule has 0 unspecified atom stereocenters. The summed E-state index contributed by atoms with van der Waals surface area (Å²) in [6, 6.07) is 19.8. The standard InChI is InChI=1S/C28H29NO5/c1-18(2)20-13-26(31)24(27(32)14-20)16-29-15-21(23-10-6-7-11-25(23)29)12-22(30)17-34-28(33)19-8-4-3-5-9-19/h3-11,13-15,18,22,30-32H,12,16-17H2,1-2H3/t22-/m0/s1. The number of para-hydroxylation sites is 1. The van der Waals surface area contributed by atoms with Crippen molar-refractivity contribution in [2.75, 3.05) is 6.61 Å². The molecule has 1 atom stereocenters. The monoisotopic (exact) mass is 459 g/mol. The lowest BCUT2D eigenvalue weighted by atomic mass is 10.00. The number of rotatable bonds is 8. The second-order valence-electron chi connectivity index (χ2n) is 8.81. The van der Waals surface area contributed by atoms with E-state index in [0.29, 0.717) is 17.5 Å².